The average Bonchev–Trinajstić information content (AvgIpc) is 3.22. The van der Waals surface area contributed by atoms with Crippen molar-refractivity contribution in [3.8, 4) is 0 Å². The lowest BCUT2D eigenvalue weighted by Crippen LogP contribution is -2.26. The van der Waals surface area contributed by atoms with Crippen molar-refractivity contribution in [1.82, 2.24) is 10.1 Å². The van der Waals surface area contributed by atoms with Gasteiger partial charge in [-0.2, -0.15) is 12.7 Å². The van der Waals surface area contributed by atoms with Crippen LogP contribution in [0.15, 0.2) is 56.6 Å². The molecule has 8 heteroatoms. The molecule has 0 spiro atoms. The zero-order valence-electron chi connectivity index (χ0n) is 14.0. The van der Waals surface area contributed by atoms with E-state index in [4.69, 9.17) is 4.52 Å². The van der Waals surface area contributed by atoms with Gasteiger partial charge in [0.2, 0.25) is 0 Å². The van der Waals surface area contributed by atoms with Gasteiger partial charge in [-0.15, -0.1) is 0 Å². The Morgan fingerprint density at radius 2 is 1.88 bits per heavy atom. The van der Waals surface area contributed by atoms with E-state index in [-0.39, 0.29) is 10.9 Å². The standard InChI is InChI=1S/C17H18BrN3O3S/c1-11(2)13-6-8-14(9-7-13)21(17-16(18)12(3)20-24-17)25(22,23)15-5-4-10-19-15/h4-11,19H,1-3H3. The Kier molecular flexibility index (Phi) is 4.75. The quantitative estimate of drug-likeness (QED) is 0.643. The van der Waals surface area contributed by atoms with Gasteiger partial charge in [-0.3, -0.25) is 0 Å². The molecule has 1 N–H and O–H groups in total. The molecular formula is C17H18BrN3O3S. The van der Waals surface area contributed by atoms with E-state index in [1.165, 1.54) is 6.07 Å². The van der Waals surface area contributed by atoms with Crippen molar-refractivity contribution in [1.29, 1.82) is 0 Å². The summed E-state index contributed by atoms with van der Waals surface area (Å²) in [6, 6.07) is 10.5. The molecule has 1 aromatic carbocycles. The Balaban J connectivity index is 2.18. The van der Waals surface area contributed by atoms with Gasteiger partial charge < -0.3 is 9.51 Å². The summed E-state index contributed by atoms with van der Waals surface area (Å²) in [5.41, 5.74) is 2.16. The molecule has 0 aliphatic rings. The molecule has 6 nitrogen and oxygen atoms in total. The summed E-state index contributed by atoms with van der Waals surface area (Å²) in [4.78, 5) is 2.75. The van der Waals surface area contributed by atoms with Crippen LogP contribution in [0.2, 0.25) is 0 Å². The van der Waals surface area contributed by atoms with Crippen LogP contribution in [0.5, 0.6) is 0 Å². The van der Waals surface area contributed by atoms with Gasteiger partial charge >= 0.3 is 0 Å². The van der Waals surface area contributed by atoms with Crippen LogP contribution in [0, 0.1) is 6.92 Å². The normalized spacial score (nSPS) is 11.9. The van der Waals surface area contributed by atoms with Gasteiger partial charge in [-0.05, 0) is 58.6 Å². The minimum absolute atomic E-state index is 0.0707. The molecule has 25 heavy (non-hydrogen) atoms. The van der Waals surface area contributed by atoms with Crippen LogP contribution >= 0.6 is 15.9 Å². The molecule has 0 saturated heterocycles. The molecule has 2 heterocycles. The fourth-order valence-corrected chi connectivity index (χ4v) is 4.25. The molecule has 0 radical (unpaired) electrons. The molecule has 0 saturated carbocycles. The molecule has 0 bridgehead atoms. The van der Waals surface area contributed by atoms with Gasteiger partial charge in [0, 0.05) is 6.20 Å². The number of aromatic amines is 1. The third kappa shape index (κ3) is 3.23. The maximum absolute atomic E-state index is 13.2. The molecule has 3 aromatic rings. The Morgan fingerprint density at radius 1 is 1.20 bits per heavy atom. The van der Waals surface area contributed by atoms with E-state index in [1.807, 2.05) is 12.1 Å². The lowest BCUT2D eigenvalue weighted by atomic mass is 10.0. The maximum atomic E-state index is 13.2. The molecular weight excluding hydrogens is 406 g/mol. The van der Waals surface area contributed by atoms with Crippen molar-refractivity contribution in [2.75, 3.05) is 4.31 Å². The van der Waals surface area contributed by atoms with Crippen LogP contribution in [0.4, 0.5) is 11.6 Å². The third-order valence-electron chi connectivity index (χ3n) is 3.84. The van der Waals surface area contributed by atoms with E-state index in [9.17, 15) is 8.42 Å². The van der Waals surface area contributed by atoms with Gasteiger partial charge in [0.1, 0.15) is 4.47 Å². The first kappa shape index (κ1) is 17.8. The Labute approximate surface area is 155 Å². The second-order valence-corrected chi connectivity index (χ2v) is 8.49. The molecule has 0 unspecified atom stereocenters. The third-order valence-corrected chi connectivity index (χ3v) is 6.42. The van der Waals surface area contributed by atoms with Crippen molar-refractivity contribution < 1.29 is 12.9 Å². The zero-order chi connectivity index (χ0) is 18.2. The number of nitrogens with one attached hydrogen (secondary N) is 1. The van der Waals surface area contributed by atoms with Crippen LogP contribution in [-0.4, -0.2) is 18.6 Å². The second-order valence-electron chi connectivity index (χ2n) is 5.94. The zero-order valence-corrected chi connectivity index (χ0v) is 16.4. The second kappa shape index (κ2) is 6.68. The molecule has 2 aromatic heterocycles. The van der Waals surface area contributed by atoms with E-state index in [2.05, 4.69) is 39.9 Å². The molecule has 132 valence electrons. The fraction of sp³-hybridized carbons (Fsp3) is 0.235. The van der Waals surface area contributed by atoms with Crippen molar-refractivity contribution in [3.05, 3.63) is 58.3 Å². The van der Waals surface area contributed by atoms with E-state index in [1.54, 1.807) is 31.3 Å². The highest BCUT2D eigenvalue weighted by molar-refractivity contribution is 9.10. The number of hydrogen-bond donors (Lipinski definition) is 1. The van der Waals surface area contributed by atoms with E-state index in [0.29, 0.717) is 21.8 Å². The first-order valence-electron chi connectivity index (χ1n) is 7.73. The predicted molar refractivity (Wildman–Crippen MR) is 99.6 cm³/mol. The Morgan fingerprint density at radius 3 is 2.36 bits per heavy atom. The Hall–Kier alpha value is -2.06. The topological polar surface area (TPSA) is 79.2 Å². The number of aromatic nitrogens is 2. The molecule has 0 amide bonds. The summed E-state index contributed by atoms with van der Waals surface area (Å²) in [5, 5.41) is 3.94. The van der Waals surface area contributed by atoms with Crippen molar-refractivity contribution in [3.63, 3.8) is 0 Å². The number of nitrogens with zero attached hydrogens (tertiary/aromatic N) is 2. The van der Waals surface area contributed by atoms with Crippen LogP contribution in [0.25, 0.3) is 0 Å². The van der Waals surface area contributed by atoms with Gasteiger partial charge in [0.25, 0.3) is 15.9 Å². The number of aryl methyl sites for hydroxylation is 1. The molecule has 0 aliphatic heterocycles. The number of anilines is 2. The lowest BCUT2D eigenvalue weighted by molar-refractivity contribution is 0.424. The highest BCUT2D eigenvalue weighted by Crippen LogP contribution is 2.38. The number of halogens is 1. The summed E-state index contributed by atoms with van der Waals surface area (Å²) in [6.45, 7) is 5.90. The van der Waals surface area contributed by atoms with E-state index < -0.39 is 10.0 Å². The SMILES string of the molecule is Cc1noc(N(c2ccc(C(C)C)cc2)S(=O)(=O)c2ccc[nH]2)c1Br. The highest BCUT2D eigenvalue weighted by atomic mass is 79.9. The summed E-state index contributed by atoms with van der Waals surface area (Å²) >= 11 is 3.37. The van der Waals surface area contributed by atoms with Gasteiger partial charge in [-0.1, -0.05) is 31.1 Å². The number of benzene rings is 1. The minimum atomic E-state index is -3.89. The monoisotopic (exact) mass is 423 g/mol. The summed E-state index contributed by atoms with van der Waals surface area (Å²) in [7, 11) is -3.89. The smallest absolute Gasteiger partial charge is 0.286 e. The summed E-state index contributed by atoms with van der Waals surface area (Å²) in [6.07, 6.45) is 1.56. The van der Waals surface area contributed by atoms with Crippen molar-refractivity contribution in [2.24, 2.45) is 0 Å². The van der Waals surface area contributed by atoms with Crippen LogP contribution < -0.4 is 4.31 Å². The van der Waals surface area contributed by atoms with Gasteiger partial charge in [-0.25, -0.2) is 0 Å². The number of rotatable bonds is 5. The molecule has 3 rings (SSSR count). The minimum Gasteiger partial charge on any atom is -0.351 e. The maximum Gasteiger partial charge on any atom is 0.286 e. The largest absolute Gasteiger partial charge is 0.351 e. The van der Waals surface area contributed by atoms with Crippen LogP contribution in [-0.2, 0) is 10.0 Å². The van der Waals surface area contributed by atoms with E-state index in [0.717, 1.165) is 9.87 Å². The van der Waals surface area contributed by atoms with E-state index >= 15 is 0 Å². The van der Waals surface area contributed by atoms with Crippen LogP contribution in [0.3, 0.4) is 0 Å². The molecule has 0 aliphatic carbocycles. The number of sulfonamides is 1. The van der Waals surface area contributed by atoms with Gasteiger partial charge in [0.05, 0.1) is 11.4 Å². The predicted octanol–water partition coefficient (Wildman–Crippen LogP) is 4.72. The highest BCUT2D eigenvalue weighted by Gasteiger charge is 2.32. The lowest BCUT2D eigenvalue weighted by Gasteiger charge is -2.21. The molecule has 0 fully saturated rings. The number of hydrogen-bond acceptors (Lipinski definition) is 4. The van der Waals surface area contributed by atoms with Gasteiger partial charge in [0.15, 0.2) is 5.03 Å². The first-order valence-corrected chi connectivity index (χ1v) is 9.96. The summed E-state index contributed by atoms with van der Waals surface area (Å²) in [5.74, 6) is 0.464. The van der Waals surface area contributed by atoms with Crippen LogP contribution in [0.1, 0.15) is 31.0 Å². The molecule has 0 atom stereocenters. The average molecular weight is 424 g/mol. The Bertz CT molecular complexity index is 961. The van der Waals surface area contributed by atoms with Crippen molar-refractivity contribution in [2.45, 2.75) is 31.7 Å². The first-order chi connectivity index (χ1) is 11.8. The summed E-state index contributed by atoms with van der Waals surface area (Å²) < 4.78 is 33.3. The van der Waals surface area contributed by atoms with Crippen molar-refractivity contribution >= 4 is 37.5 Å². The fourth-order valence-electron chi connectivity index (χ4n) is 2.41. The number of H-pyrrole nitrogens is 1.